The Morgan fingerprint density at radius 2 is 2.16 bits per heavy atom. The third kappa shape index (κ3) is 3.52. The molecule has 3 aromatic heterocycles. The van der Waals surface area contributed by atoms with Crippen LogP contribution in [0.1, 0.15) is 21.7 Å². The van der Waals surface area contributed by atoms with Gasteiger partial charge in [0.15, 0.2) is 6.67 Å². The van der Waals surface area contributed by atoms with Gasteiger partial charge < -0.3 is 15.4 Å². The molecule has 0 spiro atoms. The number of hydrogen-bond acceptors (Lipinski definition) is 7. The molecule has 3 aromatic rings. The standard InChI is InChI=1S/C13H15N9O3/c1-9-10(6-16-19(9)2)5-14-12(23)11-3-4-20(17-11)8-21-7-15-13(18-21)22(24)25/h3-4,6-7H,5,8H2,1-2H3,(H,14,23). The van der Waals surface area contributed by atoms with Crippen molar-refractivity contribution >= 4 is 11.9 Å². The number of aromatic nitrogens is 7. The van der Waals surface area contributed by atoms with Crippen LogP contribution in [0.5, 0.6) is 0 Å². The molecule has 0 fully saturated rings. The minimum Gasteiger partial charge on any atom is -0.390 e. The summed E-state index contributed by atoms with van der Waals surface area (Å²) in [5, 5.41) is 25.3. The Balaban J connectivity index is 1.61. The number of nitro groups is 1. The number of carbonyl (C=O) groups is 1. The van der Waals surface area contributed by atoms with E-state index in [1.54, 1.807) is 23.1 Å². The Morgan fingerprint density at radius 3 is 2.80 bits per heavy atom. The second-order valence-corrected chi connectivity index (χ2v) is 5.28. The second kappa shape index (κ2) is 6.51. The molecular weight excluding hydrogens is 330 g/mol. The van der Waals surface area contributed by atoms with Crippen LogP contribution < -0.4 is 5.32 Å². The van der Waals surface area contributed by atoms with Gasteiger partial charge in [0.05, 0.1) is 6.20 Å². The fourth-order valence-corrected chi connectivity index (χ4v) is 2.13. The number of carbonyl (C=O) groups excluding carboxylic acids is 1. The van der Waals surface area contributed by atoms with Gasteiger partial charge in [0.2, 0.25) is 6.33 Å². The lowest BCUT2D eigenvalue weighted by Gasteiger charge is -2.03. The van der Waals surface area contributed by atoms with Crippen molar-refractivity contribution in [3.63, 3.8) is 0 Å². The highest BCUT2D eigenvalue weighted by Gasteiger charge is 2.15. The van der Waals surface area contributed by atoms with Gasteiger partial charge >= 0.3 is 5.95 Å². The van der Waals surface area contributed by atoms with Gasteiger partial charge in [0, 0.05) is 36.1 Å². The minimum absolute atomic E-state index is 0.107. The molecule has 12 heteroatoms. The predicted molar refractivity (Wildman–Crippen MR) is 83.4 cm³/mol. The largest absolute Gasteiger partial charge is 0.491 e. The lowest BCUT2D eigenvalue weighted by atomic mass is 10.2. The van der Waals surface area contributed by atoms with E-state index in [4.69, 9.17) is 0 Å². The lowest BCUT2D eigenvalue weighted by Crippen LogP contribution is -2.24. The Bertz CT molecular complexity index is 923. The molecule has 0 radical (unpaired) electrons. The molecule has 0 atom stereocenters. The third-order valence-electron chi connectivity index (χ3n) is 3.63. The van der Waals surface area contributed by atoms with Crippen molar-refractivity contribution in [2.75, 3.05) is 0 Å². The van der Waals surface area contributed by atoms with E-state index in [1.807, 2.05) is 14.0 Å². The summed E-state index contributed by atoms with van der Waals surface area (Å²) in [7, 11) is 1.83. The van der Waals surface area contributed by atoms with Crippen LogP contribution in [0.25, 0.3) is 0 Å². The maximum Gasteiger partial charge on any atom is 0.491 e. The molecule has 0 saturated heterocycles. The van der Waals surface area contributed by atoms with Crippen molar-refractivity contribution < 1.29 is 9.72 Å². The Labute approximate surface area is 141 Å². The molecule has 1 N–H and O–H groups in total. The molecule has 25 heavy (non-hydrogen) atoms. The molecule has 130 valence electrons. The molecule has 0 saturated carbocycles. The number of nitrogens with zero attached hydrogens (tertiary/aromatic N) is 8. The molecule has 0 aliphatic carbocycles. The number of amides is 1. The molecule has 0 aromatic carbocycles. The fourth-order valence-electron chi connectivity index (χ4n) is 2.13. The van der Waals surface area contributed by atoms with Crippen molar-refractivity contribution in [1.29, 1.82) is 0 Å². The molecule has 3 rings (SSSR count). The topological polar surface area (TPSA) is 139 Å². The average Bonchev–Trinajstić information content (AvgIpc) is 3.29. The van der Waals surface area contributed by atoms with Crippen LogP contribution in [0.3, 0.4) is 0 Å². The van der Waals surface area contributed by atoms with Crippen molar-refractivity contribution in [2.45, 2.75) is 20.1 Å². The first kappa shape index (κ1) is 16.3. The van der Waals surface area contributed by atoms with Crippen LogP contribution >= 0.6 is 0 Å². The summed E-state index contributed by atoms with van der Waals surface area (Å²) in [6.45, 7) is 2.37. The van der Waals surface area contributed by atoms with Crippen molar-refractivity contribution in [3.8, 4) is 0 Å². The maximum absolute atomic E-state index is 12.2. The van der Waals surface area contributed by atoms with Gasteiger partial charge in [-0.05, 0) is 17.9 Å². The summed E-state index contributed by atoms with van der Waals surface area (Å²) in [4.78, 5) is 25.6. The molecule has 3 heterocycles. The lowest BCUT2D eigenvalue weighted by molar-refractivity contribution is -0.394. The van der Waals surface area contributed by atoms with Gasteiger partial charge in [-0.15, -0.1) is 0 Å². The summed E-state index contributed by atoms with van der Waals surface area (Å²) in [6, 6.07) is 1.55. The van der Waals surface area contributed by atoms with Crippen LogP contribution in [-0.2, 0) is 20.3 Å². The third-order valence-corrected chi connectivity index (χ3v) is 3.63. The molecule has 0 unspecified atom stereocenters. The zero-order valence-corrected chi connectivity index (χ0v) is 13.5. The van der Waals surface area contributed by atoms with Crippen LogP contribution in [-0.4, -0.2) is 45.2 Å². The molecule has 0 aliphatic heterocycles. The molecule has 1 amide bonds. The van der Waals surface area contributed by atoms with Gasteiger partial charge in [0.1, 0.15) is 5.69 Å². The van der Waals surface area contributed by atoms with E-state index in [2.05, 4.69) is 25.6 Å². The van der Waals surface area contributed by atoms with Gasteiger partial charge in [-0.2, -0.15) is 14.9 Å². The predicted octanol–water partition coefficient (Wildman–Crippen LogP) is -0.139. The summed E-state index contributed by atoms with van der Waals surface area (Å²) in [6.07, 6.45) is 4.51. The van der Waals surface area contributed by atoms with Crippen LogP contribution in [0.2, 0.25) is 0 Å². The Kier molecular flexibility index (Phi) is 4.24. The fraction of sp³-hybridized carbons (Fsp3) is 0.308. The van der Waals surface area contributed by atoms with Crippen molar-refractivity contribution in [2.24, 2.45) is 7.05 Å². The normalized spacial score (nSPS) is 10.8. The highest BCUT2D eigenvalue weighted by molar-refractivity contribution is 5.92. The number of hydrogen-bond donors (Lipinski definition) is 1. The first-order valence-electron chi connectivity index (χ1n) is 7.27. The van der Waals surface area contributed by atoms with Crippen molar-refractivity contribution in [3.05, 3.63) is 51.9 Å². The molecule has 12 nitrogen and oxygen atoms in total. The van der Waals surface area contributed by atoms with E-state index in [0.29, 0.717) is 6.54 Å². The highest BCUT2D eigenvalue weighted by atomic mass is 16.6. The van der Waals surface area contributed by atoms with E-state index >= 15 is 0 Å². The van der Waals surface area contributed by atoms with Gasteiger partial charge in [-0.25, -0.2) is 4.68 Å². The SMILES string of the molecule is Cc1c(CNC(=O)c2ccn(Cn3cnc([N+](=O)[O-])n3)n2)cnn1C. The van der Waals surface area contributed by atoms with Crippen LogP contribution in [0.4, 0.5) is 5.95 Å². The summed E-state index contributed by atoms with van der Waals surface area (Å²) < 4.78 is 4.42. The van der Waals surface area contributed by atoms with Gasteiger partial charge in [-0.1, -0.05) is 4.98 Å². The first-order valence-corrected chi connectivity index (χ1v) is 7.27. The molecule has 0 aliphatic rings. The zero-order valence-electron chi connectivity index (χ0n) is 13.5. The van der Waals surface area contributed by atoms with E-state index in [9.17, 15) is 14.9 Å². The highest BCUT2D eigenvalue weighted by Crippen LogP contribution is 2.06. The average molecular weight is 345 g/mol. The van der Waals surface area contributed by atoms with Crippen LogP contribution in [0.15, 0.2) is 24.8 Å². The summed E-state index contributed by atoms with van der Waals surface area (Å²) >= 11 is 0. The molecule has 0 bridgehead atoms. The maximum atomic E-state index is 12.2. The quantitative estimate of drug-likeness (QED) is 0.484. The van der Waals surface area contributed by atoms with Crippen molar-refractivity contribution in [1.82, 2.24) is 39.6 Å². The first-order chi connectivity index (χ1) is 11.9. The van der Waals surface area contributed by atoms with Gasteiger partial charge in [0.25, 0.3) is 5.91 Å². The Morgan fingerprint density at radius 1 is 1.36 bits per heavy atom. The Hall–Kier alpha value is -3.57. The van der Waals surface area contributed by atoms with E-state index in [-0.39, 0.29) is 18.3 Å². The smallest absolute Gasteiger partial charge is 0.390 e. The van der Waals surface area contributed by atoms with Crippen LogP contribution in [0, 0.1) is 17.0 Å². The van der Waals surface area contributed by atoms with E-state index in [1.165, 1.54) is 15.7 Å². The van der Waals surface area contributed by atoms with E-state index < -0.39 is 10.9 Å². The van der Waals surface area contributed by atoms with E-state index in [0.717, 1.165) is 11.3 Å². The summed E-state index contributed by atoms with van der Waals surface area (Å²) in [5.41, 5.74) is 2.12. The number of nitrogens with one attached hydrogen (secondary N) is 1. The minimum atomic E-state index is -0.682. The molecular formula is C13H15N9O3. The monoisotopic (exact) mass is 345 g/mol. The van der Waals surface area contributed by atoms with Gasteiger partial charge in [-0.3, -0.25) is 9.48 Å². The summed E-state index contributed by atoms with van der Waals surface area (Å²) in [5.74, 6) is -0.816. The number of aryl methyl sites for hydroxylation is 1. The second-order valence-electron chi connectivity index (χ2n) is 5.28. The zero-order chi connectivity index (χ0) is 18.0. The number of rotatable bonds is 6.